The van der Waals surface area contributed by atoms with Crippen LogP contribution in [0.25, 0.3) is 0 Å². The number of nitrogens with one attached hydrogen (secondary N) is 3. The van der Waals surface area contributed by atoms with Crippen LogP contribution in [0.4, 0.5) is 0 Å². The number of amides is 1. The number of carbonyl (C=O) groups excluding carboxylic acids is 1. The molecule has 0 spiro atoms. The fourth-order valence-electron chi connectivity index (χ4n) is 1.83. The Kier molecular flexibility index (Phi) is 6.65. The van der Waals surface area contributed by atoms with Gasteiger partial charge in [-0.2, -0.15) is 0 Å². The summed E-state index contributed by atoms with van der Waals surface area (Å²) in [6.45, 7) is 0.575. The molecular formula is C16H15Cl2N3OS. The zero-order valence-corrected chi connectivity index (χ0v) is 14.4. The molecule has 0 unspecified atom stereocenters. The first-order valence-electron chi connectivity index (χ1n) is 6.85. The molecule has 120 valence electrons. The molecule has 2 aromatic rings. The van der Waals surface area contributed by atoms with Gasteiger partial charge in [0.1, 0.15) is 0 Å². The lowest BCUT2D eigenvalue weighted by Gasteiger charge is -2.12. The zero-order valence-electron chi connectivity index (χ0n) is 12.1. The summed E-state index contributed by atoms with van der Waals surface area (Å²) in [4.78, 5) is 11.9. The molecule has 0 radical (unpaired) electrons. The Morgan fingerprint density at radius 2 is 1.78 bits per heavy atom. The van der Waals surface area contributed by atoms with Gasteiger partial charge in [-0.1, -0.05) is 59.6 Å². The maximum absolute atomic E-state index is 11.9. The van der Waals surface area contributed by atoms with Crippen LogP contribution in [-0.2, 0) is 17.8 Å². The molecule has 7 heteroatoms. The van der Waals surface area contributed by atoms with E-state index in [-0.39, 0.29) is 12.3 Å². The van der Waals surface area contributed by atoms with E-state index >= 15 is 0 Å². The molecule has 23 heavy (non-hydrogen) atoms. The highest BCUT2D eigenvalue weighted by molar-refractivity contribution is 7.80. The third kappa shape index (κ3) is 6.06. The molecule has 3 N–H and O–H groups in total. The van der Waals surface area contributed by atoms with Crippen molar-refractivity contribution >= 4 is 46.4 Å². The van der Waals surface area contributed by atoms with Crippen molar-refractivity contribution in [3.8, 4) is 0 Å². The Hall–Kier alpha value is -1.82. The second kappa shape index (κ2) is 8.72. The van der Waals surface area contributed by atoms with Gasteiger partial charge in [-0.25, -0.2) is 0 Å². The second-order valence-corrected chi connectivity index (χ2v) is 6.01. The zero-order chi connectivity index (χ0) is 16.7. The summed E-state index contributed by atoms with van der Waals surface area (Å²) in [5.41, 5.74) is 6.97. The molecule has 0 aliphatic carbocycles. The molecule has 0 bridgehead atoms. The molecule has 2 aromatic carbocycles. The van der Waals surface area contributed by atoms with Crippen molar-refractivity contribution in [3.05, 3.63) is 69.7 Å². The summed E-state index contributed by atoms with van der Waals surface area (Å²) in [7, 11) is 0. The number of carbonyl (C=O) groups is 1. The lowest BCUT2D eigenvalue weighted by atomic mass is 10.1. The number of hydrazine groups is 1. The van der Waals surface area contributed by atoms with E-state index in [9.17, 15) is 4.79 Å². The summed E-state index contributed by atoms with van der Waals surface area (Å²) < 4.78 is 0. The number of hydrogen-bond donors (Lipinski definition) is 3. The van der Waals surface area contributed by atoms with Crippen LogP contribution in [0.5, 0.6) is 0 Å². The van der Waals surface area contributed by atoms with E-state index < -0.39 is 0 Å². The minimum Gasteiger partial charge on any atom is -0.357 e. The molecule has 1 amide bonds. The van der Waals surface area contributed by atoms with E-state index in [0.717, 1.165) is 5.56 Å². The first-order chi connectivity index (χ1) is 11.0. The summed E-state index contributed by atoms with van der Waals surface area (Å²) in [6.07, 6.45) is 0.129. The molecule has 0 saturated heterocycles. The summed E-state index contributed by atoms with van der Waals surface area (Å²) in [5, 5.41) is 4.32. The molecule has 0 atom stereocenters. The van der Waals surface area contributed by atoms with E-state index in [2.05, 4.69) is 16.2 Å². The first-order valence-corrected chi connectivity index (χ1v) is 8.01. The van der Waals surface area contributed by atoms with E-state index in [4.69, 9.17) is 35.4 Å². The Morgan fingerprint density at radius 1 is 1.04 bits per heavy atom. The first kappa shape index (κ1) is 17.5. The van der Waals surface area contributed by atoms with Gasteiger partial charge < -0.3 is 5.32 Å². The van der Waals surface area contributed by atoms with E-state index in [0.29, 0.717) is 27.3 Å². The van der Waals surface area contributed by atoms with Crippen molar-refractivity contribution in [2.75, 3.05) is 0 Å². The fraction of sp³-hybridized carbons (Fsp3) is 0.125. The second-order valence-electron chi connectivity index (χ2n) is 4.75. The van der Waals surface area contributed by atoms with Gasteiger partial charge in [-0.15, -0.1) is 0 Å². The molecule has 4 nitrogen and oxygen atoms in total. The monoisotopic (exact) mass is 367 g/mol. The number of halogens is 2. The van der Waals surface area contributed by atoms with Gasteiger partial charge in [0, 0.05) is 16.6 Å². The van der Waals surface area contributed by atoms with Crippen LogP contribution in [0, 0.1) is 0 Å². The SMILES string of the molecule is O=C(Cc1ccc(Cl)cc1Cl)NNC(=S)NCc1ccccc1. The maximum Gasteiger partial charge on any atom is 0.242 e. The predicted octanol–water partition coefficient (Wildman–Crippen LogP) is 3.23. The highest BCUT2D eigenvalue weighted by Gasteiger charge is 2.08. The molecule has 2 rings (SSSR count). The Morgan fingerprint density at radius 3 is 2.48 bits per heavy atom. The highest BCUT2D eigenvalue weighted by atomic mass is 35.5. The maximum atomic E-state index is 11.9. The van der Waals surface area contributed by atoms with Crippen molar-refractivity contribution < 1.29 is 4.79 Å². The average molecular weight is 368 g/mol. The van der Waals surface area contributed by atoms with Crippen LogP contribution in [0.2, 0.25) is 10.0 Å². The molecule has 0 aromatic heterocycles. The van der Waals surface area contributed by atoms with Crippen molar-refractivity contribution in [1.82, 2.24) is 16.2 Å². The Labute approximate surface area is 150 Å². The van der Waals surface area contributed by atoms with Crippen molar-refractivity contribution in [2.45, 2.75) is 13.0 Å². The van der Waals surface area contributed by atoms with Crippen LogP contribution < -0.4 is 16.2 Å². The minimum atomic E-state index is -0.252. The lowest BCUT2D eigenvalue weighted by molar-refractivity contribution is -0.121. The number of thiocarbonyl (C=S) groups is 1. The van der Waals surface area contributed by atoms with Gasteiger partial charge in [0.15, 0.2) is 5.11 Å². The fourth-order valence-corrected chi connectivity index (χ4v) is 2.43. The van der Waals surface area contributed by atoms with Crippen molar-refractivity contribution in [2.24, 2.45) is 0 Å². The van der Waals surface area contributed by atoms with Gasteiger partial charge in [0.2, 0.25) is 5.91 Å². The van der Waals surface area contributed by atoms with Crippen molar-refractivity contribution in [3.63, 3.8) is 0 Å². The lowest BCUT2D eigenvalue weighted by Crippen LogP contribution is -2.47. The normalized spacial score (nSPS) is 10.0. The third-order valence-corrected chi connectivity index (χ3v) is 3.81. The van der Waals surface area contributed by atoms with Crippen LogP contribution >= 0.6 is 35.4 Å². The molecule has 0 saturated carbocycles. The van der Waals surface area contributed by atoms with Crippen molar-refractivity contribution in [1.29, 1.82) is 0 Å². The van der Waals surface area contributed by atoms with Gasteiger partial charge in [-0.05, 0) is 35.5 Å². The van der Waals surface area contributed by atoms with Crippen LogP contribution in [0.3, 0.4) is 0 Å². The largest absolute Gasteiger partial charge is 0.357 e. The summed E-state index contributed by atoms with van der Waals surface area (Å²) >= 11 is 16.9. The standard InChI is InChI=1S/C16H15Cl2N3OS/c17-13-7-6-12(14(18)9-13)8-15(22)20-21-16(23)19-10-11-4-2-1-3-5-11/h1-7,9H,8,10H2,(H,20,22)(H2,19,21,23). The van der Waals surface area contributed by atoms with E-state index in [1.807, 2.05) is 30.3 Å². The smallest absolute Gasteiger partial charge is 0.242 e. The quantitative estimate of drug-likeness (QED) is 0.573. The summed E-state index contributed by atoms with van der Waals surface area (Å²) in [6, 6.07) is 14.8. The number of hydrogen-bond acceptors (Lipinski definition) is 2. The molecule has 0 fully saturated rings. The number of benzene rings is 2. The van der Waals surface area contributed by atoms with E-state index in [1.165, 1.54) is 0 Å². The number of rotatable bonds is 4. The highest BCUT2D eigenvalue weighted by Crippen LogP contribution is 2.21. The molecule has 0 aliphatic heterocycles. The van der Waals surface area contributed by atoms with E-state index in [1.54, 1.807) is 18.2 Å². The topological polar surface area (TPSA) is 53.2 Å². The summed E-state index contributed by atoms with van der Waals surface area (Å²) in [5.74, 6) is -0.252. The van der Waals surface area contributed by atoms with Gasteiger partial charge in [0.25, 0.3) is 0 Å². The minimum absolute atomic E-state index is 0.129. The Bertz CT molecular complexity index is 695. The van der Waals surface area contributed by atoms with Gasteiger partial charge in [0.05, 0.1) is 6.42 Å². The van der Waals surface area contributed by atoms with Gasteiger partial charge >= 0.3 is 0 Å². The average Bonchev–Trinajstić information content (AvgIpc) is 2.54. The predicted molar refractivity (Wildman–Crippen MR) is 97.3 cm³/mol. The van der Waals surface area contributed by atoms with Gasteiger partial charge in [-0.3, -0.25) is 15.6 Å². The molecule has 0 heterocycles. The molecular weight excluding hydrogens is 353 g/mol. The molecule has 0 aliphatic rings. The van der Waals surface area contributed by atoms with Crippen LogP contribution in [-0.4, -0.2) is 11.0 Å². The third-order valence-electron chi connectivity index (χ3n) is 2.98. The van der Waals surface area contributed by atoms with Crippen LogP contribution in [0.1, 0.15) is 11.1 Å². The Balaban J connectivity index is 1.74. The van der Waals surface area contributed by atoms with Crippen LogP contribution in [0.15, 0.2) is 48.5 Å².